The Morgan fingerprint density at radius 3 is 2.21 bits per heavy atom. The number of sulfonamides is 1. The van der Waals surface area contributed by atoms with Crippen LogP contribution in [-0.2, 0) is 14.8 Å². The summed E-state index contributed by atoms with van der Waals surface area (Å²) in [5, 5.41) is 1.03. The van der Waals surface area contributed by atoms with E-state index in [0.717, 1.165) is 24.3 Å². The van der Waals surface area contributed by atoms with Crippen LogP contribution in [0, 0.1) is 12.8 Å². The van der Waals surface area contributed by atoms with Crippen LogP contribution in [0.1, 0.15) is 18.4 Å². The molecule has 4 rings (SSSR count). The van der Waals surface area contributed by atoms with Gasteiger partial charge in [0.05, 0.1) is 7.11 Å². The number of piperidine rings is 1. The zero-order valence-corrected chi connectivity index (χ0v) is 21.7. The summed E-state index contributed by atoms with van der Waals surface area (Å²) in [6.45, 7) is 5.41. The number of hydrogen-bond donors (Lipinski definition) is 0. The van der Waals surface area contributed by atoms with E-state index in [0.29, 0.717) is 36.0 Å². The summed E-state index contributed by atoms with van der Waals surface area (Å²) < 4.78 is 33.0. The van der Waals surface area contributed by atoms with E-state index in [1.165, 1.54) is 17.5 Å². The van der Waals surface area contributed by atoms with Crippen molar-refractivity contribution in [3.63, 3.8) is 0 Å². The molecular formula is C24H29Cl2N3O4S. The van der Waals surface area contributed by atoms with Crippen LogP contribution in [-0.4, -0.2) is 69.9 Å². The summed E-state index contributed by atoms with van der Waals surface area (Å²) in [4.78, 5) is 17.4. The SMILES string of the molecule is COc1ccc(Cl)cc1S(=O)(=O)N1CCC(C(=O)N2CCN(c3cc(Cl)ccc3C)CC2)CC1. The quantitative estimate of drug-likeness (QED) is 0.588. The van der Waals surface area contributed by atoms with E-state index in [2.05, 4.69) is 11.8 Å². The minimum atomic E-state index is -3.77. The lowest BCUT2D eigenvalue weighted by Gasteiger charge is -2.39. The molecule has 2 fully saturated rings. The summed E-state index contributed by atoms with van der Waals surface area (Å²) in [5.41, 5.74) is 2.27. The number of anilines is 1. The van der Waals surface area contributed by atoms with Crippen molar-refractivity contribution >= 4 is 44.8 Å². The Labute approximate surface area is 211 Å². The standard InChI is InChI=1S/C24H29Cl2N3O4S/c1-17-3-4-19(25)15-21(17)27-11-13-28(14-12-27)24(30)18-7-9-29(10-8-18)34(31,32)23-16-20(26)5-6-22(23)33-2/h3-6,15-16,18H,7-14H2,1-2H3. The number of piperazine rings is 1. The maximum atomic E-state index is 13.2. The van der Waals surface area contributed by atoms with Crippen molar-refractivity contribution in [2.24, 2.45) is 5.92 Å². The van der Waals surface area contributed by atoms with Gasteiger partial charge >= 0.3 is 0 Å². The van der Waals surface area contributed by atoms with E-state index in [1.54, 1.807) is 12.1 Å². The normalized spacial score (nSPS) is 18.2. The van der Waals surface area contributed by atoms with Gasteiger partial charge in [-0.25, -0.2) is 8.42 Å². The van der Waals surface area contributed by atoms with Crippen molar-refractivity contribution in [2.75, 3.05) is 51.3 Å². The van der Waals surface area contributed by atoms with Crippen molar-refractivity contribution in [1.82, 2.24) is 9.21 Å². The van der Waals surface area contributed by atoms with Crippen molar-refractivity contribution in [2.45, 2.75) is 24.7 Å². The third-order valence-electron chi connectivity index (χ3n) is 6.65. The first-order valence-electron chi connectivity index (χ1n) is 11.3. The molecule has 0 atom stereocenters. The molecule has 0 saturated carbocycles. The summed E-state index contributed by atoms with van der Waals surface area (Å²) in [6, 6.07) is 10.4. The lowest BCUT2D eigenvalue weighted by molar-refractivity contribution is -0.137. The van der Waals surface area contributed by atoms with E-state index >= 15 is 0 Å². The van der Waals surface area contributed by atoms with Gasteiger partial charge in [-0.15, -0.1) is 0 Å². The van der Waals surface area contributed by atoms with Crippen molar-refractivity contribution in [3.8, 4) is 5.75 Å². The number of amides is 1. The second-order valence-corrected chi connectivity index (χ2v) is 11.5. The van der Waals surface area contributed by atoms with E-state index < -0.39 is 10.0 Å². The molecule has 184 valence electrons. The molecule has 0 spiro atoms. The molecule has 0 unspecified atom stereocenters. The second kappa shape index (κ2) is 10.3. The molecule has 7 nitrogen and oxygen atoms in total. The number of halogens is 2. The number of carbonyl (C=O) groups excluding carboxylic acids is 1. The van der Waals surface area contributed by atoms with Crippen LogP contribution in [0.3, 0.4) is 0 Å². The number of rotatable bonds is 5. The average molecular weight is 526 g/mol. The zero-order chi connectivity index (χ0) is 24.5. The molecule has 1 amide bonds. The van der Waals surface area contributed by atoms with Crippen molar-refractivity contribution in [1.29, 1.82) is 0 Å². The molecule has 2 saturated heterocycles. The average Bonchev–Trinajstić information content (AvgIpc) is 2.85. The van der Waals surface area contributed by atoms with Gasteiger partial charge in [0.15, 0.2) is 0 Å². The topological polar surface area (TPSA) is 70.2 Å². The first-order chi connectivity index (χ1) is 16.2. The van der Waals surface area contributed by atoms with Crippen molar-refractivity contribution < 1.29 is 17.9 Å². The molecule has 0 aliphatic carbocycles. The first-order valence-corrected chi connectivity index (χ1v) is 13.5. The van der Waals surface area contributed by atoms with Crippen LogP contribution < -0.4 is 9.64 Å². The van der Waals surface area contributed by atoms with Crippen LogP contribution in [0.2, 0.25) is 10.0 Å². The molecule has 0 radical (unpaired) electrons. The molecule has 2 aliphatic heterocycles. The van der Waals surface area contributed by atoms with Crippen LogP contribution in [0.25, 0.3) is 0 Å². The number of nitrogens with zero attached hydrogens (tertiary/aromatic N) is 3. The fourth-order valence-corrected chi connectivity index (χ4v) is 6.74. The zero-order valence-electron chi connectivity index (χ0n) is 19.3. The largest absolute Gasteiger partial charge is 0.495 e. The molecular weight excluding hydrogens is 497 g/mol. The highest BCUT2D eigenvalue weighted by Crippen LogP contribution is 2.32. The molecule has 2 aliphatic rings. The van der Waals surface area contributed by atoms with Gasteiger partial charge in [-0.3, -0.25) is 4.79 Å². The summed E-state index contributed by atoms with van der Waals surface area (Å²) >= 11 is 12.2. The molecule has 0 aromatic heterocycles. The van der Waals surface area contributed by atoms with E-state index in [-0.39, 0.29) is 35.6 Å². The Balaban J connectivity index is 1.35. The predicted molar refractivity (Wildman–Crippen MR) is 134 cm³/mol. The maximum absolute atomic E-state index is 13.2. The maximum Gasteiger partial charge on any atom is 0.246 e. The molecule has 0 N–H and O–H groups in total. The van der Waals surface area contributed by atoms with E-state index in [9.17, 15) is 13.2 Å². The third kappa shape index (κ3) is 5.15. The minimum Gasteiger partial charge on any atom is -0.495 e. The number of carbonyl (C=O) groups is 1. The molecule has 2 aromatic rings. The lowest BCUT2D eigenvalue weighted by Crippen LogP contribution is -2.52. The molecule has 2 heterocycles. The van der Waals surface area contributed by atoms with Gasteiger partial charge in [-0.1, -0.05) is 29.3 Å². The fraction of sp³-hybridized carbons (Fsp3) is 0.458. The predicted octanol–water partition coefficient (Wildman–Crippen LogP) is 4.06. The van der Waals surface area contributed by atoms with Gasteiger partial charge in [-0.05, 0) is 55.7 Å². The second-order valence-electron chi connectivity index (χ2n) is 8.72. The van der Waals surface area contributed by atoms with E-state index in [1.807, 2.05) is 23.1 Å². The van der Waals surface area contributed by atoms with Crippen LogP contribution in [0.4, 0.5) is 5.69 Å². The molecule has 0 bridgehead atoms. The Kier molecular flexibility index (Phi) is 7.62. The van der Waals surface area contributed by atoms with Gasteiger partial charge in [0.1, 0.15) is 10.6 Å². The summed E-state index contributed by atoms with van der Waals surface area (Å²) in [5.74, 6) is 0.197. The van der Waals surface area contributed by atoms with E-state index in [4.69, 9.17) is 27.9 Å². The third-order valence-corrected chi connectivity index (χ3v) is 9.04. The van der Waals surface area contributed by atoms with Crippen LogP contribution >= 0.6 is 23.2 Å². The van der Waals surface area contributed by atoms with Gasteiger partial charge in [0.25, 0.3) is 0 Å². The fourth-order valence-electron chi connectivity index (χ4n) is 4.68. The highest BCUT2D eigenvalue weighted by Gasteiger charge is 2.36. The highest BCUT2D eigenvalue weighted by atomic mass is 35.5. The highest BCUT2D eigenvalue weighted by molar-refractivity contribution is 7.89. The summed E-state index contributed by atoms with van der Waals surface area (Å²) in [7, 11) is -2.33. The smallest absolute Gasteiger partial charge is 0.246 e. The number of methoxy groups -OCH3 is 1. The monoisotopic (exact) mass is 525 g/mol. The Hall–Kier alpha value is -2.00. The lowest BCUT2D eigenvalue weighted by atomic mass is 9.96. The minimum absolute atomic E-state index is 0.0553. The van der Waals surface area contributed by atoms with Crippen LogP contribution in [0.15, 0.2) is 41.3 Å². The Morgan fingerprint density at radius 1 is 0.941 bits per heavy atom. The van der Waals surface area contributed by atoms with Crippen molar-refractivity contribution in [3.05, 3.63) is 52.0 Å². The number of aryl methyl sites for hydroxylation is 1. The Bertz CT molecular complexity index is 1160. The molecule has 10 heteroatoms. The molecule has 2 aromatic carbocycles. The first kappa shape index (κ1) is 25.1. The molecule has 34 heavy (non-hydrogen) atoms. The number of benzene rings is 2. The van der Waals surface area contributed by atoms with Gasteiger partial charge in [0.2, 0.25) is 15.9 Å². The van der Waals surface area contributed by atoms with Crippen LogP contribution in [0.5, 0.6) is 5.75 Å². The number of ether oxygens (including phenoxy) is 1. The van der Waals surface area contributed by atoms with Gasteiger partial charge < -0.3 is 14.5 Å². The number of hydrogen-bond acceptors (Lipinski definition) is 5. The van der Waals surface area contributed by atoms with Gasteiger partial charge in [0, 0.05) is 60.9 Å². The Morgan fingerprint density at radius 2 is 1.56 bits per heavy atom. The summed E-state index contributed by atoms with van der Waals surface area (Å²) in [6.07, 6.45) is 0.989. The van der Waals surface area contributed by atoms with Gasteiger partial charge in [-0.2, -0.15) is 4.31 Å².